The number of thiophene rings is 1. The molecule has 1 aromatic carbocycles. The molecule has 2 aliphatic heterocycles. The number of methoxy groups -OCH3 is 1. The largest absolute Gasteiger partial charge is 0.383 e. The van der Waals surface area contributed by atoms with Crippen LogP contribution in [-0.4, -0.2) is 41.8 Å². The van der Waals surface area contributed by atoms with Gasteiger partial charge in [-0.3, -0.25) is 9.59 Å². The van der Waals surface area contributed by atoms with Gasteiger partial charge in [-0.15, -0.1) is 11.3 Å². The van der Waals surface area contributed by atoms with Gasteiger partial charge in [-0.05, 0) is 41.5 Å². The minimum Gasteiger partial charge on any atom is -0.383 e. The Morgan fingerprint density at radius 2 is 2.10 bits per heavy atom. The molecule has 0 spiro atoms. The van der Waals surface area contributed by atoms with E-state index in [4.69, 9.17) is 4.74 Å². The van der Waals surface area contributed by atoms with Gasteiger partial charge in [-0.25, -0.2) is 4.68 Å². The predicted molar refractivity (Wildman–Crippen MR) is 118 cm³/mol. The number of aromatic nitrogens is 1. The number of hydrogen-bond donors (Lipinski definition) is 1. The number of carbonyl (C=O) groups is 1. The van der Waals surface area contributed by atoms with Crippen LogP contribution in [-0.2, 0) is 11.3 Å². The first-order chi connectivity index (χ1) is 14.7. The van der Waals surface area contributed by atoms with Crippen LogP contribution in [0.4, 0.5) is 0 Å². The SMILES string of the molecule is COC[C@@H]1CCCN1C(=O)c1cc(-c2ccccc2)c(=O)n2c1-c1sccc1CN2. The minimum absolute atomic E-state index is 0.0430. The Balaban J connectivity index is 1.71. The lowest BCUT2D eigenvalue weighted by atomic mass is 10.00. The molecule has 0 unspecified atom stereocenters. The van der Waals surface area contributed by atoms with E-state index in [1.807, 2.05) is 46.7 Å². The Kier molecular flexibility index (Phi) is 4.92. The fourth-order valence-electron chi connectivity index (χ4n) is 4.45. The monoisotopic (exact) mass is 421 g/mol. The van der Waals surface area contributed by atoms with Crippen molar-refractivity contribution in [2.45, 2.75) is 25.4 Å². The molecule has 1 atom stereocenters. The molecule has 7 heteroatoms. The van der Waals surface area contributed by atoms with Crippen LogP contribution in [0, 0.1) is 0 Å². The van der Waals surface area contributed by atoms with Crippen molar-refractivity contribution in [3.63, 3.8) is 0 Å². The molecule has 1 fully saturated rings. The smallest absolute Gasteiger partial charge is 0.277 e. The Morgan fingerprint density at radius 3 is 2.90 bits per heavy atom. The number of hydrogen-bond acceptors (Lipinski definition) is 5. The molecule has 0 saturated carbocycles. The number of benzene rings is 1. The van der Waals surface area contributed by atoms with Gasteiger partial charge in [0.25, 0.3) is 11.5 Å². The second-order valence-electron chi connectivity index (χ2n) is 7.69. The number of amides is 1. The van der Waals surface area contributed by atoms with E-state index in [9.17, 15) is 9.59 Å². The Morgan fingerprint density at radius 1 is 1.27 bits per heavy atom. The first kappa shape index (κ1) is 19.1. The Hall–Kier alpha value is -2.90. The molecule has 1 N–H and O–H groups in total. The van der Waals surface area contributed by atoms with Crippen LogP contribution in [0.2, 0.25) is 0 Å². The van der Waals surface area contributed by atoms with Gasteiger partial charge in [0.2, 0.25) is 0 Å². The fraction of sp³-hybridized carbons (Fsp3) is 0.304. The third-order valence-corrected chi connectivity index (χ3v) is 6.87. The lowest BCUT2D eigenvalue weighted by Gasteiger charge is -2.28. The number of nitrogens with zero attached hydrogens (tertiary/aromatic N) is 2. The molecule has 30 heavy (non-hydrogen) atoms. The van der Waals surface area contributed by atoms with Crippen LogP contribution >= 0.6 is 11.3 Å². The maximum atomic E-state index is 13.8. The zero-order valence-corrected chi connectivity index (χ0v) is 17.6. The second-order valence-corrected chi connectivity index (χ2v) is 8.60. The van der Waals surface area contributed by atoms with E-state index in [0.29, 0.717) is 36.5 Å². The summed E-state index contributed by atoms with van der Waals surface area (Å²) in [7, 11) is 1.67. The molecule has 5 rings (SSSR count). The number of rotatable bonds is 4. The molecule has 2 aromatic heterocycles. The van der Waals surface area contributed by atoms with Gasteiger partial charge in [-0.2, -0.15) is 0 Å². The molecule has 1 amide bonds. The number of carbonyl (C=O) groups excluding carboxylic acids is 1. The van der Waals surface area contributed by atoms with Gasteiger partial charge in [0.05, 0.1) is 35.3 Å². The van der Waals surface area contributed by atoms with E-state index in [2.05, 4.69) is 5.43 Å². The van der Waals surface area contributed by atoms with Crippen molar-refractivity contribution in [3.05, 3.63) is 69.3 Å². The summed E-state index contributed by atoms with van der Waals surface area (Å²) in [4.78, 5) is 30.0. The molecular weight excluding hydrogens is 398 g/mol. The van der Waals surface area contributed by atoms with Crippen molar-refractivity contribution >= 4 is 17.2 Å². The molecule has 4 heterocycles. The molecule has 0 bridgehead atoms. The quantitative estimate of drug-likeness (QED) is 0.700. The highest BCUT2D eigenvalue weighted by Gasteiger charge is 2.34. The third-order valence-electron chi connectivity index (χ3n) is 5.90. The molecule has 2 aliphatic rings. The molecular formula is C23H23N3O3S. The summed E-state index contributed by atoms with van der Waals surface area (Å²) < 4.78 is 6.92. The van der Waals surface area contributed by atoms with Crippen LogP contribution in [0.3, 0.4) is 0 Å². The van der Waals surface area contributed by atoms with Crippen LogP contribution in [0.15, 0.2) is 52.6 Å². The van der Waals surface area contributed by atoms with Gasteiger partial charge < -0.3 is 15.1 Å². The number of pyridine rings is 1. The summed E-state index contributed by atoms with van der Waals surface area (Å²) in [5.41, 5.74) is 6.76. The molecule has 6 nitrogen and oxygen atoms in total. The molecule has 154 valence electrons. The van der Waals surface area contributed by atoms with Gasteiger partial charge in [-0.1, -0.05) is 30.3 Å². The van der Waals surface area contributed by atoms with Gasteiger partial charge in [0.1, 0.15) is 0 Å². The maximum Gasteiger partial charge on any atom is 0.277 e. The first-order valence-electron chi connectivity index (χ1n) is 10.1. The fourth-order valence-corrected chi connectivity index (χ4v) is 5.42. The Bertz CT molecular complexity index is 1150. The number of fused-ring (bicyclic) bond motifs is 3. The van der Waals surface area contributed by atoms with Crippen LogP contribution in [0.25, 0.3) is 21.7 Å². The Labute approximate surface area is 178 Å². The highest BCUT2D eigenvalue weighted by atomic mass is 32.1. The summed E-state index contributed by atoms with van der Waals surface area (Å²) >= 11 is 1.57. The highest BCUT2D eigenvalue weighted by molar-refractivity contribution is 7.13. The lowest BCUT2D eigenvalue weighted by Crippen LogP contribution is -2.41. The van der Waals surface area contributed by atoms with E-state index in [1.165, 1.54) is 0 Å². The van der Waals surface area contributed by atoms with Gasteiger partial charge in [0.15, 0.2) is 0 Å². The second kappa shape index (κ2) is 7.74. The van der Waals surface area contributed by atoms with Crippen LogP contribution in [0.1, 0.15) is 28.8 Å². The van der Waals surface area contributed by atoms with E-state index < -0.39 is 0 Å². The summed E-state index contributed by atoms with van der Waals surface area (Å²) in [6.45, 7) is 1.79. The standard InChI is InChI=1S/C23H23N3O3S/c1-29-14-17-8-5-10-25(17)22(27)19-12-18(15-6-3-2-4-7-15)23(28)26-20(19)21-16(13-24-26)9-11-30-21/h2-4,6-7,9,11-12,17,24H,5,8,10,13-14H2,1H3/t17-/m0/s1. The summed E-state index contributed by atoms with van der Waals surface area (Å²) in [6.07, 6.45) is 1.89. The average Bonchev–Trinajstić information content (AvgIpc) is 3.44. The molecule has 0 radical (unpaired) electrons. The van der Waals surface area contributed by atoms with E-state index in [0.717, 1.165) is 28.8 Å². The minimum atomic E-state index is -0.137. The van der Waals surface area contributed by atoms with Gasteiger partial charge >= 0.3 is 0 Å². The van der Waals surface area contributed by atoms with E-state index in [1.54, 1.807) is 29.2 Å². The van der Waals surface area contributed by atoms with E-state index in [-0.39, 0.29) is 17.5 Å². The van der Waals surface area contributed by atoms with Crippen LogP contribution < -0.4 is 11.0 Å². The summed E-state index contributed by atoms with van der Waals surface area (Å²) in [5.74, 6) is -0.0430. The topological polar surface area (TPSA) is 63.6 Å². The number of nitrogens with one attached hydrogen (secondary N) is 1. The van der Waals surface area contributed by atoms with Crippen LogP contribution in [0.5, 0.6) is 0 Å². The predicted octanol–water partition coefficient (Wildman–Crippen LogP) is 3.55. The zero-order chi connectivity index (χ0) is 20.7. The van der Waals surface area contributed by atoms with Gasteiger partial charge in [0, 0.05) is 19.2 Å². The summed E-state index contributed by atoms with van der Waals surface area (Å²) in [6, 6.07) is 13.4. The highest BCUT2D eigenvalue weighted by Crippen LogP contribution is 2.36. The summed E-state index contributed by atoms with van der Waals surface area (Å²) in [5, 5.41) is 2.01. The van der Waals surface area contributed by atoms with Crippen molar-refractivity contribution in [1.82, 2.24) is 9.58 Å². The molecule has 3 aromatic rings. The third kappa shape index (κ3) is 3.05. The van der Waals surface area contributed by atoms with Crippen molar-refractivity contribution in [2.75, 3.05) is 25.7 Å². The molecule has 0 aliphatic carbocycles. The normalized spacial score (nSPS) is 17.4. The number of ether oxygens (including phenoxy) is 1. The van der Waals surface area contributed by atoms with Crippen molar-refractivity contribution in [1.29, 1.82) is 0 Å². The lowest BCUT2D eigenvalue weighted by molar-refractivity contribution is 0.0630. The number of likely N-dealkylation sites (tertiary alicyclic amines) is 1. The van der Waals surface area contributed by atoms with E-state index >= 15 is 0 Å². The maximum absolute atomic E-state index is 13.8. The zero-order valence-electron chi connectivity index (χ0n) is 16.8. The average molecular weight is 422 g/mol. The molecule has 1 saturated heterocycles. The van der Waals surface area contributed by atoms with Crippen molar-refractivity contribution < 1.29 is 9.53 Å². The van der Waals surface area contributed by atoms with Crippen molar-refractivity contribution in [2.24, 2.45) is 0 Å². The first-order valence-corrected chi connectivity index (χ1v) is 11.0. The van der Waals surface area contributed by atoms with Crippen molar-refractivity contribution in [3.8, 4) is 21.7 Å².